The highest BCUT2D eigenvalue weighted by atomic mass is 32.2. The van der Waals surface area contributed by atoms with Gasteiger partial charge in [-0.15, -0.1) is 0 Å². The van der Waals surface area contributed by atoms with Crippen molar-refractivity contribution in [3.63, 3.8) is 0 Å². The van der Waals surface area contributed by atoms with Gasteiger partial charge in [-0.2, -0.15) is 0 Å². The summed E-state index contributed by atoms with van der Waals surface area (Å²) in [6.45, 7) is 6.21. The Hall–Kier alpha value is -1.37. The molecule has 0 saturated carbocycles. The first-order valence-electron chi connectivity index (χ1n) is 7.99. The van der Waals surface area contributed by atoms with Crippen LogP contribution in [-0.4, -0.2) is 49.0 Å². The van der Waals surface area contributed by atoms with Crippen LogP contribution in [-0.2, 0) is 9.84 Å². The normalized spacial score (nSPS) is 25.4. The van der Waals surface area contributed by atoms with Gasteiger partial charge < -0.3 is 10.2 Å². The third-order valence-corrected chi connectivity index (χ3v) is 6.28. The van der Waals surface area contributed by atoms with E-state index in [1.54, 1.807) is 0 Å². The van der Waals surface area contributed by atoms with Crippen molar-refractivity contribution in [1.82, 2.24) is 9.97 Å². The number of piperidine rings is 1. The van der Waals surface area contributed by atoms with Crippen molar-refractivity contribution in [3.8, 4) is 0 Å². The average Bonchev–Trinajstić information content (AvgIpc) is 2.78. The van der Waals surface area contributed by atoms with Crippen LogP contribution in [0, 0.1) is 12.8 Å². The minimum Gasteiger partial charge on any atom is -0.366 e. The molecule has 3 heterocycles. The predicted molar refractivity (Wildman–Crippen MR) is 88.1 cm³/mol. The Bertz CT molecular complexity index is 639. The lowest BCUT2D eigenvalue weighted by Gasteiger charge is -2.31. The maximum atomic E-state index is 11.6. The molecule has 2 aliphatic heterocycles. The van der Waals surface area contributed by atoms with Gasteiger partial charge in [0.25, 0.3) is 0 Å². The van der Waals surface area contributed by atoms with E-state index < -0.39 is 9.84 Å². The van der Waals surface area contributed by atoms with E-state index in [0.717, 1.165) is 36.5 Å². The van der Waals surface area contributed by atoms with Crippen LogP contribution >= 0.6 is 0 Å². The molecule has 22 heavy (non-hydrogen) atoms. The van der Waals surface area contributed by atoms with Gasteiger partial charge in [-0.3, -0.25) is 0 Å². The van der Waals surface area contributed by atoms with Crippen molar-refractivity contribution in [2.45, 2.75) is 39.2 Å². The standard InChI is InChI=1S/C15H24N4O2S/c1-11-3-6-19(7-4-11)15-9-14(16-12(2)17-15)18-13-5-8-22(20,21)10-13/h9,11,13H,3-8,10H2,1-2H3,(H,16,17,18). The summed E-state index contributed by atoms with van der Waals surface area (Å²) in [5, 5.41) is 3.27. The summed E-state index contributed by atoms with van der Waals surface area (Å²) in [6.07, 6.45) is 3.03. The third-order valence-electron chi connectivity index (χ3n) is 4.52. The number of anilines is 2. The fraction of sp³-hybridized carbons (Fsp3) is 0.733. The lowest BCUT2D eigenvalue weighted by atomic mass is 9.99. The molecular formula is C15H24N4O2S. The summed E-state index contributed by atoms with van der Waals surface area (Å²) in [6, 6.07) is 1.92. The second kappa shape index (κ2) is 6.02. The molecule has 2 fully saturated rings. The van der Waals surface area contributed by atoms with Crippen molar-refractivity contribution in [1.29, 1.82) is 0 Å². The Balaban J connectivity index is 1.73. The van der Waals surface area contributed by atoms with Crippen molar-refractivity contribution in [3.05, 3.63) is 11.9 Å². The summed E-state index contributed by atoms with van der Waals surface area (Å²) in [5.74, 6) is 3.66. The van der Waals surface area contributed by atoms with Crippen LogP contribution in [0.25, 0.3) is 0 Å². The molecule has 1 atom stereocenters. The average molecular weight is 324 g/mol. The molecule has 0 bridgehead atoms. The van der Waals surface area contributed by atoms with E-state index in [0.29, 0.717) is 6.42 Å². The molecule has 122 valence electrons. The topological polar surface area (TPSA) is 75.2 Å². The molecule has 1 N–H and O–H groups in total. The molecule has 1 unspecified atom stereocenters. The SMILES string of the molecule is Cc1nc(NC2CCS(=O)(=O)C2)cc(N2CCC(C)CC2)n1. The second-order valence-corrected chi connectivity index (χ2v) is 8.80. The van der Waals surface area contributed by atoms with Crippen molar-refractivity contribution < 1.29 is 8.42 Å². The highest BCUT2D eigenvalue weighted by Gasteiger charge is 2.28. The van der Waals surface area contributed by atoms with Crippen LogP contribution < -0.4 is 10.2 Å². The first kappa shape index (κ1) is 15.5. The molecule has 3 rings (SSSR count). The molecule has 0 aliphatic carbocycles. The zero-order valence-electron chi connectivity index (χ0n) is 13.2. The number of sulfone groups is 1. The fourth-order valence-electron chi connectivity index (χ4n) is 3.14. The van der Waals surface area contributed by atoms with Gasteiger partial charge in [-0.1, -0.05) is 6.92 Å². The Morgan fingerprint density at radius 2 is 1.95 bits per heavy atom. The molecule has 6 nitrogen and oxygen atoms in total. The van der Waals surface area contributed by atoms with Gasteiger partial charge in [0.05, 0.1) is 11.5 Å². The zero-order chi connectivity index (χ0) is 15.7. The Morgan fingerprint density at radius 1 is 1.23 bits per heavy atom. The van der Waals surface area contributed by atoms with E-state index in [2.05, 4.69) is 27.1 Å². The third kappa shape index (κ3) is 3.69. The molecule has 1 aromatic heterocycles. The van der Waals surface area contributed by atoms with E-state index in [9.17, 15) is 8.42 Å². The molecule has 0 radical (unpaired) electrons. The van der Waals surface area contributed by atoms with Crippen LogP contribution in [0.4, 0.5) is 11.6 Å². The van der Waals surface area contributed by atoms with Crippen LogP contribution in [0.15, 0.2) is 6.07 Å². The lowest BCUT2D eigenvalue weighted by Crippen LogP contribution is -2.33. The van der Waals surface area contributed by atoms with E-state index in [4.69, 9.17) is 0 Å². The van der Waals surface area contributed by atoms with Gasteiger partial charge in [0.1, 0.15) is 17.5 Å². The lowest BCUT2D eigenvalue weighted by molar-refractivity contribution is 0.436. The molecule has 0 amide bonds. The van der Waals surface area contributed by atoms with Crippen molar-refractivity contribution >= 4 is 21.5 Å². The highest BCUT2D eigenvalue weighted by Crippen LogP contribution is 2.24. The molecule has 2 aliphatic rings. The summed E-state index contributed by atoms with van der Waals surface area (Å²) < 4.78 is 23.1. The number of hydrogen-bond donors (Lipinski definition) is 1. The summed E-state index contributed by atoms with van der Waals surface area (Å²) in [4.78, 5) is 11.3. The number of rotatable bonds is 3. The van der Waals surface area contributed by atoms with E-state index in [1.807, 2.05) is 13.0 Å². The Labute approximate surface area is 132 Å². The fourth-order valence-corrected chi connectivity index (χ4v) is 4.82. The maximum absolute atomic E-state index is 11.6. The zero-order valence-corrected chi connectivity index (χ0v) is 14.1. The minimum atomic E-state index is -2.88. The smallest absolute Gasteiger partial charge is 0.152 e. The number of nitrogens with zero attached hydrogens (tertiary/aromatic N) is 3. The van der Waals surface area contributed by atoms with Gasteiger partial charge in [0.15, 0.2) is 9.84 Å². The summed E-state index contributed by atoms with van der Waals surface area (Å²) >= 11 is 0. The van der Waals surface area contributed by atoms with Crippen LogP contribution in [0.3, 0.4) is 0 Å². The van der Waals surface area contributed by atoms with Crippen LogP contribution in [0.5, 0.6) is 0 Å². The molecule has 1 aromatic rings. The molecule has 0 aromatic carbocycles. The number of aromatic nitrogens is 2. The largest absolute Gasteiger partial charge is 0.366 e. The monoisotopic (exact) mass is 324 g/mol. The van der Waals surface area contributed by atoms with E-state index >= 15 is 0 Å². The highest BCUT2D eigenvalue weighted by molar-refractivity contribution is 7.91. The number of aryl methyl sites for hydroxylation is 1. The van der Waals surface area contributed by atoms with Gasteiger partial charge in [0, 0.05) is 25.2 Å². The van der Waals surface area contributed by atoms with Gasteiger partial charge in [-0.25, -0.2) is 18.4 Å². The van der Waals surface area contributed by atoms with Crippen molar-refractivity contribution in [2.24, 2.45) is 5.92 Å². The summed E-state index contributed by atoms with van der Waals surface area (Å²) in [7, 11) is -2.88. The van der Waals surface area contributed by atoms with E-state index in [-0.39, 0.29) is 17.5 Å². The molecule has 2 saturated heterocycles. The number of nitrogens with one attached hydrogen (secondary N) is 1. The second-order valence-electron chi connectivity index (χ2n) is 6.57. The first-order valence-corrected chi connectivity index (χ1v) is 9.81. The first-order chi connectivity index (χ1) is 10.4. The molecular weight excluding hydrogens is 300 g/mol. The Kier molecular flexibility index (Phi) is 4.25. The van der Waals surface area contributed by atoms with Gasteiger partial charge in [0.2, 0.25) is 0 Å². The van der Waals surface area contributed by atoms with Gasteiger partial charge in [-0.05, 0) is 32.1 Å². The van der Waals surface area contributed by atoms with Crippen molar-refractivity contribution in [2.75, 3.05) is 34.8 Å². The van der Waals surface area contributed by atoms with Crippen LogP contribution in [0.1, 0.15) is 32.0 Å². The van der Waals surface area contributed by atoms with E-state index in [1.165, 1.54) is 12.8 Å². The molecule has 0 spiro atoms. The maximum Gasteiger partial charge on any atom is 0.152 e. The number of hydrogen-bond acceptors (Lipinski definition) is 6. The van der Waals surface area contributed by atoms with Gasteiger partial charge >= 0.3 is 0 Å². The molecule has 7 heteroatoms. The quantitative estimate of drug-likeness (QED) is 0.910. The summed E-state index contributed by atoms with van der Waals surface area (Å²) in [5.41, 5.74) is 0. The Morgan fingerprint density at radius 3 is 2.59 bits per heavy atom. The van der Waals surface area contributed by atoms with Crippen LogP contribution in [0.2, 0.25) is 0 Å². The predicted octanol–water partition coefficient (Wildman–Crippen LogP) is 1.62. The minimum absolute atomic E-state index is 0.0338.